The fourth-order valence-electron chi connectivity index (χ4n) is 3.55. The number of phosphoric acid groups is 1. The molecular weight excluding hydrogens is 452 g/mol. The van der Waals surface area contributed by atoms with E-state index in [4.69, 9.17) is 30.9 Å². The van der Waals surface area contributed by atoms with Crippen LogP contribution in [-0.4, -0.2) is 32.2 Å². The van der Waals surface area contributed by atoms with Crippen molar-refractivity contribution in [3.05, 3.63) is 63.4 Å². The first-order valence-corrected chi connectivity index (χ1v) is 11.1. The van der Waals surface area contributed by atoms with Gasteiger partial charge in [-0.3, -0.25) is 23.3 Å². The summed E-state index contributed by atoms with van der Waals surface area (Å²) in [5.74, 6) is -0.601. The Morgan fingerprint density at radius 1 is 1.45 bits per heavy atom. The fraction of sp³-hybridized carbons (Fsp3) is 0.278. The predicted molar refractivity (Wildman–Crippen MR) is 109 cm³/mol. The molecule has 0 radical (unpaired) electrons. The standard InChI is InChI=1S/C18H16ClFN5O5P/c1-8-14(25-7-22-13-16(25)23-18(21)24-17(13)26)15(8)30-31(27)28-5-4-12(29-31)10-6-9(19)2-3-11(10)20/h2-3,6-7,12,14-15H,1,4-5H2,(H3,21,23,24,26)/t12-,14?,15-,31-/m1/s1. The van der Waals surface area contributed by atoms with Crippen LogP contribution in [0.3, 0.4) is 0 Å². The molecule has 1 aliphatic heterocycles. The number of phosphoric ester groups is 1. The van der Waals surface area contributed by atoms with Crippen LogP contribution >= 0.6 is 19.4 Å². The number of benzene rings is 1. The Morgan fingerprint density at radius 3 is 3.06 bits per heavy atom. The number of nitrogens with two attached hydrogens (primary N) is 1. The number of nitrogens with one attached hydrogen (secondary N) is 1. The van der Waals surface area contributed by atoms with E-state index in [9.17, 15) is 13.8 Å². The molecule has 0 amide bonds. The molecule has 13 heteroatoms. The van der Waals surface area contributed by atoms with Crippen molar-refractivity contribution in [2.24, 2.45) is 0 Å². The van der Waals surface area contributed by atoms with E-state index in [-0.39, 0.29) is 35.7 Å². The molecule has 1 aromatic carbocycles. The van der Waals surface area contributed by atoms with Crippen molar-refractivity contribution in [3.63, 3.8) is 0 Å². The minimum atomic E-state index is -4.04. The number of nitrogen functional groups attached to an aromatic ring is 1. The molecular formula is C18H16ClFN5O5P. The van der Waals surface area contributed by atoms with Gasteiger partial charge in [-0.15, -0.1) is 0 Å². The number of fused-ring (bicyclic) bond motifs is 1. The summed E-state index contributed by atoms with van der Waals surface area (Å²) in [6, 6.07) is 3.54. The third-order valence-corrected chi connectivity index (χ3v) is 6.84. The van der Waals surface area contributed by atoms with Crippen LogP contribution < -0.4 is 11.3 Å². The summed E-state index contributed by atoms with van der Waals surface area (Å²) in [7, 11) is -4.04. The molecule has 1 unspecified atom stereocenters. The van der Waals surface area contributed by atoms with E-state index in [0.717, 1.165) is 0 Å². The van der Waals surface area contributed by atoms with Gasteiger partial charge in [0.1, 0.15) is 11.9 Å². The first-order chi connectivity index (χ1) is 14.8. The number of hydrogen-bond donors (Lipinski definition) is 2. The van der Waals surface area contributed by atoms with Gasteiger partial charge in [-0.05, 0) is 23.8 Å². The summed E-state index contributed by atoms with van der Waals surface area (Å²) >= 11 is 5.95. The second-order valence-corrected chi connectivity index (χ2v) is 9.16. The van der Waals surface area contributed by atoms with Crippen LogP contribution in [0.2, 0.25) is 5.02 Å². The molecule has 3 heterocycles. The van der Waals surface area contributed by atoms with Crippen LogP contribution in [0.1, 0.15) is 24.1 Å². The highest BCUT2D eigenvalue weighted by Crippen LogP contribution is 2.63. The Labute approximate surface area is 179 Å². The Morgan fingerprint density at radius 2 is 2.26 bits per heavy atom. The lowest BCUT2D eigenvalue weighted by molar-refractivity contribution is 0.0237. The van der Waals surface area contributed by atoms with Crippen molar-refractivity contribution >= 4 is 36.5 Å². The van der Waals surface area contributed by atoms with E-state index < -0.39 is 37.4 Å². The molecule has 1 aliphatic carbocycles. The lowest BCUT2D eigenvalue weighted by Crippen LogP contribution is -2.17. The molecule has 1 saturated heterocycles. The SMILES string of the molecule is C=C1C(n2cnc3c(=O)[nH]c(N)nc32)[C@@H]1O[P@]1(=O)OCC[C@H](c2cc(Cl)ccc2F)O1. The highest BCUT2D eigenvalue weighted by atomic mass is 35.5. The van der Waals surface area contributed by atoms with E-state index in [0.29, 0.717) is 10.6 Å². The van der Waals surface area contributed by atoms with Crippen molar-refractivity contribution in [2.75, 3.05) is 12.3 Å². The summed E-state index contributed by atoms with van der Waals surface area (Å²) < 4.78 is 45.3. The van der Waals surface area contributed by atoms with Crippen molar-refractivity contribution in [1.82, 2.24) is 19.5 Å². The van der Waals surface area contributed by atoms with Gasteiger partial charge >= 0.3 is 7.82 Å². The molecule has 2 aliphatic rings. The summed E-state index contributed by atoms with van der Waals surface area (Å²) in [6.07, 6.45) is 0.0813. The number of H-pyrrole nitrogens is 1. The fourth-order valence-corrected chi connectivity index (χ4v) is 5.29. The minimum absolute atomic E-state index is 0.0409. The van der Waals surface area contributed by atoms with Gasteiger partial charge in [-0.25, -0.2) is 13.9 Å². The molecule has 4 atom stereocenters. The zero-order valence-electron chi connectivity index (χ0n) is 15.8. The number of rotatable bonds is 4. The summed E-state index contributed by atoms with van der Waals surface area (Å²) in [6.45, 7) is 3.95. The van der Waals surface area contributed by atoms with E-state index in [1.807, 2.05) is 0 Å². The number of hydrogen-bond acceptors (Lipinski definition) is 8. The monoisotopic (exact) mass is 467 g/mol. The van der Waals surface area contributed by atoms with E-state index in [1.54, 1.807) is 4.57 Å². The average Bonchev–Trinajstić information content (AvgIpc) is 3.12. The van der Waals surface area contributed by atoms with Crippen LogP contribution in [-0.2, 0) is 18.1 Å². The lowest BCUT2D eigenvalue weighted by atomic mass is 10.1. The molecule has 1 saturated carbocycles. The normalized spacial score (nSPS) is 28.2. The van der Waals surface area contributed by atoms with Crippen molar-refractivity contribution in [1.29, 1.82) is 0 Å². The number of nitrogens with zero attached hydrogens (tertiary/aromatic N) is 3. The first kappa shape index (κ1) is 20.3. The highest BCUT2D eigenvalue weighted by molar-refractivity contribution is 7.48. The molecule has 0 bridgehead atoms. The lowest BCUT2D eigenvalue weighted by Gasteiger charge is -2.29. The van der Waals surface area contributed by atoms with E-state index in [1.165, 1.54) is 24.5 Å². The van der Waals surface area contributed by atoms with Gasteiger partial charge in [0, 0.05) is 17.0 Å². The summed E-state index contributed by atoms with van der Waals surface area (Å²) in [5.41, 5.74) is 6.20. The topological polar surface area (TPSA) is 134 Å². The number of aromatic amines is 1. The van der Waals surface area contributed by atoms with Gasteiger partial charge < -0.3 is 10.3 Å². The number of aromatic nitrogens is 4. The van der Waals surface area contributed by atoms with Gasteiger partial charge in [0.05, 0.1) is 25.1 Å². The maximum Gasteiger partial charge on any atom is 0.476 e. The number of imidazole rings is 1. The Balaban J connectivity index is 1.38. The summed E-state index contributed by atoms with van der Waals surface area (Å²) in [5, 5.41) is 0.326. The Kier molecular flexibility index (Phi) is 4.76. The van der Waals surface area contributed by atoms with Gasteiger partial charge in [0.25, 0.3) is 5.56 Å². The van der Waals surface area contributed by atoms with Gasteiger partial charge in [-0.1, -0.05) is 18.2 Å². The molecule has 3 aromatic rings. The smallest absolute Gasteiger partial charge is 0.369 e. The molecule has 3 N–H and O–H groups in total. The molecule has 10 nitrogen and oxygen atoms in total. The Bertz CT molecular complexity index is 1330. The largest absolute Gasteiger partial charge is 0.476 e. The third kappa shape index (κ3) is 3.58. The molecule has 5 rings (SSSR count). The zero-order valence-corrected chi connectivity index (χ0v) is 17.5. The molecule has 2 fully saturated rings. The maximum absolute atomic E-state index is 14.2. The van der Waals surface area contributed by atoms with E-state index in [2.05, 4.69) is 21.5 Å². The van der Waals surface area contributed by atoms with E-state index >= 15 is 0 Å². The Hall–Kier alpha value is -2.56. The predicted octanol–water partition coefficient (Wildman–Crippen LogP) is 3.28. The number of anilines is 1. The summed E-state index contributed by atoms with van der Waals surface area (Å²) in [4.78, 5) is 22.5. The van der Waals surface area contributed by atoms with Crippen LogP contribution in [0.25, 0.3) is 11.2 Å². The van der Waals surface area contributed by atoms with Gasteiger partial charge in [-0.2, -0.15) is 4.98 Å². The van der Waals surface area contributed by atoms with Crippen LogP contribution in [0, 0.1) is 5.82 Å². The second kappa shape index (κ2) is 7.25. The van der Waals surface area contributed by atoms with Crippen molar-refractivity contribution < 1.29 is 22.5 Å². The number of halogens is 2. The molecule has 2 aromatic heterocycles. The molecule has 0 spiro atoms. The maximum atomic E-state index is 14.2. The minimum Gasteiger partial charge on any atom is -0.369 e. The zero-order chi connectivity index (χ0) is 21.9. The van der Waals surface area contributed by atoms with Gasteiger partial charge in [0.15, 0.2) is 11.2 Å². The second-order valence-electron chi connectivity index (χ2n) is 7.15. The van der Waals surface area contributed by atoms with Crippen LogP contribution in [0.4, 0.5) is 10.3 Å². The quantitative estimate of drug-likeness (QED) is 0.441. The van der Waals surface area contributed by atoms with Gasteiger partial charge in [0.2, 0.25) is 5.95 Å². The van der Waals surface area contributed by atoms with Crippen LogP contribution in [0.5, 0.6) is 0 Å². The third-order valence-electron chi connectivity index (χ3n) is 5.11. The van der Waals surface area contributed by atoms with Crippen molar-refractivity contribution in [3.8, 4) is 0 Å². The molecule has 162 valence electrons. The van der Waals surface area contributed by atoms with Crippen molar-refractivity contribution in [2.45, 2.75) is 24.7 Å². The average molecular weight is 468 g/mol. The first-order valence-electron chi connectivity index (χ1n) is 9.23. The van der Waals surface area contributed by atoms with Crippen LogP contribution in [0.15, 0.2) is 41.5 Å². The highest BCUT2D eigenvalue weighted by Gasteiger charge is 2.52. The molecule has 31 heavy (non-hydrogen) atoms.